The Labute approximate surface area is 99.7 Å². The summed E-state index contributed by atoms with van der Waals surface area (Å²) in [6.07, 6.45) is 1.58. The molecule has 7 nitrogen and oxygen atoms in total. The van der Waals surface area contributed by atoms with Crippen LogP contribution in [0, 0.1) is 0 Å². The van der Waals surface area contributed by atoms with E-state index in [2.05, 4.69) is 10.6 Å². The Morgan fingerprint density at radius 3 is 2.47 bits per heavy atom. The van der Waals surface area contributed by atoms with Gasteiger partial charge in [-0.2, -0.15) is 0 Å². The van der Waals surface area contributed by atoms with Gasteiger partial charge in [0.1, 0.15) is 6.04 Å². The van der Waals surface area contributed by atoms with Crippen molar-refractivity contribution >= 4 is 17.9 Å². The third-order valence-corrected chi connectivity index (χ3v) is 2.08. The van der Waals surface area contributed by atoms with Gasteiger partial charge in [0, 0.05) is 13.0 Å². The van der Waals surface area contributed by atoms with Crippen molar-refractivity contribution in [2.45, 2.75) is 38.6 Å². The van der Waals surface area contributed by atoms with Gasteiger partial charge in [0.2, 0.25) is 5.91 Å². The van der Waals surface area contributed by atoms with Gasteiger partial charge < -0.3 is 21.5 Å². The Balaban J connectivity index is 3.96. The van der Waals surface area contributed by atoms with Crippen LogP contribution in [-0.4, -0.2) is 35.6 Å². The summed E-state index contributed by atoms with van der Waals surface area (Å²) in [5.74, 6) is -1.24. The molecular weight excluding hydrogens is 226 g/mol. The number of hydrogen-bond acceptors (Lipinski definition) is 3. The Hall–Kier alpha value is -1.79. The molecule has 7 heteroatoms. The first-order valence-electron chi connectivity index (χ1n) is 5.52. The summed E-state index contributed by atoms with van der Waals surface area (Å²) < 4.78 is 0. The van der Waals surface area contributed by atoms with Crippen molar-refractivity contribution in [2.75, 3.05) is 6.54 Å². The number of carbonyl (C=O) groups is 3. The molecule has 0 saturated heterocycles. The molecule has 0 saturated carbocycles. The van der Waals surface area contributed by atoms with Crippen molar-refractivity contribution < 1.29 is 19.5 Å². The molecule has 0 aliphatic heterocycles. The molecule has 0 aromatic heterocycles. The minimum atomic E-state index is -0.903. The van der Waals surface area contributed by atoms with Gasteiger partial charge in [-0.05, 0) is 12.8 Å². The Morgan fingerprint density at radius 2 is 2.00 bits per heavy atom. The lowest BCUT2D eigenvalue weighted by molar-refractivity contribution is -0.137. The molecular formula is C10H19N3O4. The number of nitrogens with one attached hydrogen (secondary N) is 2. The van der Waals surface area contributed by atoms with Gasteiger partial charge in [-0.25, -0.2) is 4.79 Å². The van der Waals surface area contributed by atoms with Crippen LogP contribution in [0.25, 0.3) is 0 Å². The number of aliphatic carboxylic acids is 1. The number of carboxylic acid groups (broad SMARTS) is 1. The summed E-state index contributed by atoms with van der Waals surface area (Å²) in [7, 11) is 0. The molecule has 0 fully saturated rings. The number of nitrogens with two attached hydrogens (primary N) is 1. The van der Waals surface area contributed by atoms with E-state index in [1.54, 1.807) is 0 Å². The van der Waals surface area contributed by atoms with E-state index in [0.29, 0.717) is 12.8 Å². The minimum Gasteiger partial charge on any atom is -0.481 e. The molecule has 17 heavy (non-hydrogen) atoms. The molecule has 3 amide bonds. The standard InChI is InChI=1S/C10H19N3O4/c1-2-4-7(13-10(11)17)9(16)12-6-3-5-8(14)15/h7H,2-6H2,1H3,(H,12,16)(H,14,15)(H3,11,13,17)/t7-/m1/s1. The average molecular weight is 245 g/mol. The molecule has 0 bridgehead atoms. The van der Waals surface area contributed by atoms with E-state index in [0.717, 1.165) is 6.42 Å². The number of primary amides is 1. The molecule has 5 N–H and O–H groups in total. The number of hydrogen-bond donors (Lipinski definition) is 4. The van der Waals surface area contributed by atoms with Crippen molar-refractivity contribution in [3.05, 3.63) is 0 Å². The minimum absolute atomic E-state index is 0.00196. The van der Waals surface area contributed by atoms with E-state index in [4.69, 9.17) is 10.8 Å². The van der Waals surface area contributed by atoms with Crippen LogP contribution in [0.3, 0.4) is 0 Å². The Kier molecular flexibility index (Phi) is 7.49. The maximum Gasteiger partial charge on any atom is 0.312 e. The maximum atomic E-state index is 11.6. The fourth-order valence-electron chi connectivity index (χ4n) is 1.30. The molecule has 0 aliphatic rings. The maximum absolute atomic E-state index is 11.6. The molecule has 0 rings (SSSR count). The predicted octanol–water partition coefficient (Wildman–Crippen LogP) is -0.196. The molecule has 0 aromatic rings. The van der Waals surface area contributed by atoms with Crippen LogP contribution in [0.4, 0.5) is 4.79 Å². The Morgan fingerprint density at radius 1 is 1.35 bits per heavy atom. The summed E-state index contributed by atoms with van der Waals surface area (Å²) in [4.78, 5) is 32.5. The van der Waals surface area contributed by atoms with Gasteiger partial charge >= 0.3 is 12.0 Å². The molecule has 1 atom stereocenters. The van der Waals surface area contributed by atoms with Crippen molar-refractivity contribution in [1.29, 1.82) is 0 Å². The molecule has 98 valence electrons. The quantitative estimate of drug-likeness (QED) is 0.442. The molecule has 0 radical (unpaired) electrons. The van der Waals surface area contributed by atoms with Crippen molar-refractivity contribution in [3.8, 4) is 0 Å². The normalized spacial score (nSPS) is 11.6. The van der Waals surface area contributed by atoms with Gasteiger partial charge in [0.15, 0.2) is 0 Å². The lowest BCUT2D eigenvalue weighted by Gasteiger charge is -2.16. The average Bonchev–Trinajstić information content (AvgIpc) is 2.22. The number of amides is 3. The second kappa shape index (κ2) is 8.37. The van der Waals surface area contributed by atoms with Gasteiger partial charge in [-0.1, -0.05) is 13.3 Å². The van der Waals surface area contributed by atoms with Crippen molar-refractivity contribution in [3.63, 3.8) is 0 Å². The van der Waals surface area contributed by atoms with E-state index in [1.165, 1.54) is 0 Å². The van der Waals surface area contributed by atoms with Crippen LogP contribution in [0.2, 0.25) is 0 Å². The van der Waals surface area contributed by atoms with Crippen molar-refractivity contribution in [1.82, 2.24) is 10.6 Å². The number of carbonyl (C=O) groups excluding carboxylic acids is 2. The van der Waals surface area contributed by atoms with Crippen LogP contribution < -0.4 is 16.4 Å². The lowest BCUT2D eigenvalue weighted by atomic mass is 10.1. The summed E-state index contributed by atoms with van der Waals surface area (Å²) in [6, 6.07) is -1.40. The highest BCUT2D eigenvalue weighted by Crippen LogP contribution is 1.97. The monoisotopic (exact) mass is 245 g/mol. The third-order valence-electron chi connectivity index (χ3n) is 2.08. The van der Waals surface area contributed by atoms with E-state index in [9.17, 15) is 14.4 Å². The zero-order valence-electron chi connectivity index (χ0n) is 9.86. The van der Waals surface area contributed by atoms with E-state index < -0.39 is 18.0 Å². The zero-order chi connectivity index (χ0) is 13.3. The summed E-state index contributed by atoms with van der Waals surface area (Å²) in [5.41, 5.74) is 4.95. The van der Waals surface area contributed by atoms with Gasteiger partial charge in [0.25, 0.3) is 0 Å². The fourth-order valence-corrected chi connectivity index (χ4v) is 1.30. The summed E-state index contributed by atoms with van der Waals surface area (Å²) >= 11 is 0. The zero-order valence-corrected chi connectivity index (χ0v) is 9.86. The third kappa shape index (κ3) is 8.06. The summed E-state index contributed by atoms with van der Waals surface area (Å²) in [5, 5.41) is 13.3. The van der Waals surface area contributed by atoms with Crippen LogP contribution in [-0.2, 0) is 9.59 Å². The number of urea groups is 1. The summed E-state index contributed by atoms with van der Waals surface area (Å²) in [6.45, 7) is 2.15. The second-order valence-corrected chi connectivity index (χ2v) is 3.64. The second-order valence-electron chi connectivity index (χ2n) is 3.64. The Bertz CT molecular complexity index is 281. The topological polar surface area (TPSA) is 122 Å². The number of carboxylic acids is 1. The van der Waals surface area contributed by atoms with Crippen LogP contribution in [0.5, 0.6) is 0 Å². The van der Waals surface area contributed by atoms with E-state index in [-0.39, 0.29) is 18.9 Å². The van der Waals surface area contributed by atoms with Crippen molar-refractivity contribution in [2.24, 2.45) is 5.73 Å². The van der Waals surface area contributed by atoms with Gasteiger partial charge in [-0.15, -0.1) is 0 Å². The first-order valence-corrected chi connectivity index (χ1v) is 5.52. The first-order chi connectivity index (χ1) is 7.97. The van der Waals surface area contributed by atoms with Crippen LogP contribution in [0.1, 0.15) is 32.6 Å². The SMILES string of the molecule is CCC[C@@H](NC(N)=O)C(=O)NCCCC(=O)O. The lowest BCUT2D eigenvalue weighted by Crippen LogP contribution is -2.48. The first kappa shape index (κ1) is 15.2. The molecule has 0 spiro atoms. The molecule has 0 aliphatic carbocycles. The molecule has 0 heterocycles. The predicted molar refractivity (Wildman–Crippen MR) is 61.3 cm³/mol. The van der Waals surface area contributed by atoms with Gasteiger partial charge in [-0.3, -0.25) is 9.59 Å². The molecule has 0 aromatic carbocycles. The van der Waals surface area contributed by atoms with E-state index >= 15 is 0 Å². The van der Waals surface area contributed by atoms with Crippen LogP contribution in [0.15, 0.2) is 0 Å². The smallest absolute Gasteiger partial charge is 0.312 e. The van der Waals surface area contributed by atoms with E-state index in [1.807, 2.05) is 6.92 Å². The largest absolute Gasteiger partial charge is 0.481 e. The number of rotatable bonds is 8. The highest BCUT2D eigenvalue weighted by Gasteiger charge is 2.17. The van der Waals surface area contributed by atoms with Crippen LogP contribution >= 0.6 is 0 Å². The highest BCUT2D eigenvalue weighted by atomic mass is 16.4. The highest BCUT2D eigenvalue weighted by molar-refractivity contribution is 5.86. The fraction of sp³-hybridized carbons (Fsp3) is 0.700. The van der Waals surface area contributed by atoms with Gasteiger partial charge in [0.05, 0.1) is 0 Å². The molecule has 0 unspecified atom stereocenters.